The van der Waals surface area contributed by atoms with E-state index >= 15 is 0 Å². The van der Waals surface area contributed by atoms with Crippen LogP contribution < -0.4 is 5.32 Å². The van der Waals surface area contributed by atoms with Crippen LogP contribution in [-0.4, -0.2) is 31.1 Å². The Morgan fingerprint density at radius 2 is 1.89 bits per heavy atom. The van der Waals surface area contributed by atoms with Gasteiger partial charge in [-0.3, -0.25) is 4.90 Å². The minimum absolute atomic E-state index is 0.462. The molecule has 0 amide bonds. The summed E-state index contributed by atoms with van der Waals surface area (Å²) < 4.78 is 26.1. The highest BCUT2D eigenvalue weighted by molar-refractivity contribution is 5.18. The van der Waals surface area contributed by atoms with Crippen molar-refractivity contribution in [1.29, 1.82) is 0 Å². The molecule has 0 bridgehead atoms. The molecular weight excluding hydrogens is 246 g/mol. The van der Waals surface area contributed by atoms with Gasteiger partial charge in [-0.25, -0.2) is 8.78 Å². The molecule has 4 heteroatoms. The first-order chi connectivity index (χ1) is 9.17. The Balaban J connectivity index is 1.63. The molecule has 19 heavy (non-hydrogen) atoms. The van der Waals surface area contributed by atoms with E-state index in [-0.39, 0.29) is 0 Å². The first-order valence-electron chi connectivity index (χ1n) is 7.04. The van der Waals surface area contributed by atoms with E-state index in [1.54, 1.807) is 6.07 Å². The molecule has 0 saturated carbocycles. The summed E-state index contributed by atoms with van der Waals surface area (Å²) in [6.45, 7) is 5.11. The van der Waals surface area contributed by atoms with Gasteiger partial charge in [-0.15, -0.1) is 0 Å². The summed E-state index contributed by atoms with van der Waals surface area (Å²) in [5, 5.41) is 3.40. The molecule has 0 atom stereocenters. The van der Waals surface area contributed by atoms with E-state index in [4.69, 9.17) is 0 Å². The summed E-state index contributed by atoms with van der Waals surface area (Å²) in [6, 6.07) is 4.23. The van der Waals surface area contributed by atoms with Crippen molar-refractivity contribution in [3.05, 3.63) is 35.4 Å². The average molecular weight is 266 g/mol. The summed E-state index contributed by atoms with van der Waals surface area (Å²) in [4.78, 5) is 2.37. The van der Waals surface area contributed by atoms with Gasteiger partial charge in [-0.2, -0.15) is 0 Å². The standard InChI is InChI=1S/C15H20F2N2/c16-13-2-1-12(9-14(13)17)10-19-8-5-15(11-19)3-6-18-7-4-15/h1-2,9,18H,3-8,10-11H2. The molecule has 1 spiro atoms. The van der Waals surface area contributed by atoms with Gasteiger partial charge in [0, 0.05) is 13.1 Å². The fourth-order valence-electron chi connectivity index (χ4n) is 3.42. The second-order valence-corrected chi connectivity index (χ2v) is 5.96. The van der Waals surface area contributed by atoms with Gasteiger partial charge in [-0.1, -0.05) is 6.07 Å². The van der Waals surface area contributed by atoms with Gasteiger partial charge in [0.15, 0.2) is 11.6 Å². The summed E-state index contributed by atoms with van der Waals surface area (Å²) >= 11 is 0. The van der Waals surface area contributed by atoms with Gasteiger partial charge < -0.3 is 5.32 Å². The van der Waals surface area contributed by atoms with Crippen LogP contribution in [0.4, 0.5) is 8.78 Å². The third-order valence-electron chi connectivity index (χ3n) is 4.57. The predicted molar refractivity (Wildman–Crippen MR) is 70.8 cm³/mol. The minimum atomic E-state index is -0.764. The molecule has 2 heterocycles. The Bertz CT molecular complexity index is 455. The van der Waals surface area contributed by atoms with Crippen LogP contribution in [-0.2, 0) is 6.54 Å². The van der Waals surface area contributed by atoms with Crippen LogP contribution in [0.25, 0.3) is 0 Å². The first kappa shape index (κ1) is 13.0. The van der Waals surface area contributed by atoms with Crippen molar-refractivity contribution >= 4 is 0 Å². The predicted octanol–water partition coefficient (Wildman–Crippen LogP) is 2.54. The number of nitrogens with zero attached hydrogens (tertiary/aromatic N) is 1. The number of benzene rings is 1. The Hall–Kier alpha value is -1.00. The molecule has 104 valence electrons. The second kappa shape index (κ2) is 5.17. The molecule has 3 rings (SSSR count). The minimum Gasteiger partial charge on any atom is -0.317 e. The fourth-order valence-corrected chi connectivity index (χ4v) is 3.42. The van der Waals surface area contributed by atoms with Gasteiger partial charge in [-0.05, 0) is 62.0 Å². The molecule has 0 aromatic heterocycles. The summed E-state index contributed by atoms with van der Waals surface area (Å²) in [5.74, 6) is -1.51. The van der Waals surface area contributed by atoms with Crippen LogP contribution in [0.3, 0.4) is 0 Å². The highest BCUT2D eigenvalue weighted by Crippen LogP contribution is 2.38. The number of hydrogen-bond acceptors (Lipinski definition) is 2. The summed E-state index contributed by atoms with van der Waals surface area (Å²) in [7, 11) is 0. The molecule has 0 radical (unpaired) electrons. The van der Waals surface area contributed by atoms with Crippen LogP contribution in [0, 0.1) is 17.0 Å². The van der Waals surface area contributed by atoms with E-state index in [9.17, 15) is 8.78 Å². The van der Waals surface area contributed by atoms with Crippen molar-refractivity contribution in [1.82, 2.24) is 10.2 Å². The maximum absolute atomic E-state index is 13.2. The lowest BCUT2D eigenvalue weighted by molar-refractivity contribution is 0.194. The van der Waals surface area contributed by atoms with Crippen LogP contribution in [0.5, 0.6) is 0 Å². The average Bonchev–Trinajstić information content (AvgIpc) is 2.78. The van der Waals surface area contributed by atoms with Gasteiger partial charge >= 0.3 is 0 Å². The number of likely N-dealkylation sites (tertiary alicyclic amines) is 1. The lowest BCUT2D eigenvalue weighted by Gasteiger charge is -2.33. The van der Waals surface area contributed by atoms with Gasteiger partial charge in [0.25, 0.3) is 0 Å². The molecule has 2 aliphatic heterocycles. The van der Waals surface area contributed by atoms with Gasteiger partial charge in [0.1, 0.15) is 0 Å². The smallest absolute Gasteiger partial charge is 0.159 e. The van der Waals surface area contributed by atoms with E-state index in [1.807, 2.05) is 0 Å². The molecule has 2 aliphatic rings. The maximum atomic E-state index is 13.2. The van der Waals surface area contributed by atoms with Crippen molar-refractivity contribution in [3.63, 3.8) is 0 Å². The van der Waals surface area contributed by atoms with Crippen LogP contribution in [0.2, 0.25) is 0 Å². The zero-order valence-electron chi connectivity index (χ0n) is 11.1. The highest BCUT2D eigenvalue weighted by atomic mass is 19.2. The Labute approximate surface area is 112 Å². The van der Waals surface area contributed by atoms with Crippen molar-refractivity contribution in [2.45, 2.75) is 25.8 Å². The van der Waals surface area contributed by atoms with Crippen LogP contribution >= 0.6 is 0 Å². The zero-order chi connectivity index (χ0) is 13.3. The number of piperidine rings is 1. The Kier molecular flexibility index (Phi) is 3.54. The van der Waals surface area contributed by atoms with E-state index in [1.165, 1.54) is 31.4 Å². The third-order valence-corrected chi connectivity index (χ3v) is 4.57. The molecule has 2 saturated heterocycles. The summed E-state index contributed by atoms with van der Waals surface area (Å²) in [6.07, 6.45) is 3.71. The Morgan fingerprint density at radius 1 is 1.11 bits per heavy atom. The number of hydrogen-bond donors (Lipinski definition) is 1. The number of rotatable bonds is 2. The molecule has 0 unspecified atom stereocenters. The molecule has 2 nitrogen and oxygen atoms in total. The first-order valence-corrected chi connectivity index (χ1v) is 7.04. The normalized spacial score (nSPS) is 23.1. The quantitative estimate of drug-likeness (QED) is 0.885. The third kappa shape index (κ3) is 2.79. The second-order valence-electron chi connectivity index (χ2n) is 5.96. The van der Waals surface area contributed by atoms with Crippen molar-refractivity contribution in [3.8, 4) is 0 Å². The van der Waals surface area contributed by atoms with Gasteiger partial charge in [0.2, 0.25) is 0 Å². The van der Waals surface area contributed by atoms with E-state index in [0.29, 0.717) is 5.41 Å². The molecule has 1 aromatic carbocycles. The highest BCUT2D eigenvalue weighted by Gasteiger charge is 2.38. The van der Waals surface area contributed by atoms with Crippen LogP contribution in [0.15, 0.2) is 18.2 Å². The van der Waals surface area contributed by atoms with Crippen molar-refractivity contribution < 1.29 is 8.78 Å². The van der Waals surface area contributed by atoms with Crippen molar-refractivity contribution in [2.75, 3.05) is 26.2 Å². The van der Waals surface area contributed by atoms with Crippen LogP contribution in [0.1, 0.15) is 24.8 Å². The lowest BCUT2D eigenvalue weighted by Crippen LogP contribution is -2.38. The summed E-state index contributed by atoms with van der Waals surface area (Å²) in [5.41, 5.74) is 1.33. The molecule has 1 aromatic rings. The molecular formula is C15H20F2N2. The SMILES string of the molecule is Fc1ccc(CN2CCC3(CCNCC3)C2)cc1F. The monoisotopic (exact) mass is 266 g/mol. The van der Waals surface area contributed by atoms with E-state index in [0.717, 1.165) is 38.3 Å². The number of halogens is 2. The molecule has 2 fully saturated rings. The fraction of sp³-hybridized carbons (Fsp3) is 0.600. The Morgan fingerprint density at radius 3 is 2.63 bits per heavy atom. The topological polar surface area (TPSA) is 15.3 Å². The van der Waals surface area contributed by atoms with E-state index in [2.05, 4.69) is 10.2 Å². The maximum Gasteiger partial charge on any atom is 0.159 e. The van der Waals surface area contributed by atoms with Crippen molar-refractivity contribution in [2.24, 2.45) is 5.41 Å². The number of nitrogens with one attached hydrogen (secondary N) is 1. The zero-order valence-corrected chi connectivity index (χ0v) is 11.1. The van der Waals surface area contributed by atoms with E-state index < -0.39 is 11.6 Å². The lowest BCUT2D eigenvalue weighted by atomic mass is 9.78. The molecule has 0 aliphatic carbocycles. The van der Waals surface area contributed by atoms with Gasteiger partial charge in [0.05, 0.1) is 0 Å². The largest absolute Gasteiger partial charge is 0.317 e. The molecule has 1 N–H and O–H groups in total.